The van der Waals surface area contributed by atoms with Crippen LogP contribution in [0, 0.1) is 5.92 Å². The van der Waals surface area contributed by atoms with Crippen molar-refractivity contribution in [2.45, 2.75) is 45.1 Å². The van der Waals surface area contributed by atoms with Crippen molar-refractivity contribution in [1.82, 2.24) is 4.90 Å². The van der Waals surface area contributed by atoms with Gasteiger partial charge in [-0.3, -0.25) is 4.79 Å². The van der Waals surface area contributed by atoms with Gasteiger partial charge in [-0.05, 0) is 56.2 Å². The summed E-state index contributed by atoms with van der Waals surface area (Å²) in [6.07, 6.45) is 5.87. The van der Waals surface area contributed by atoms with Crippen molar-refractivity contribution in [2.24, 2.45) is 5.92 Å². The highest BCUT2D eigenvalue weighted by atomic mass is 35.5. The van der Waals surface area contributed by atoms with Gasteiger partial charge in [0.15, 0.2) is 0 Å². The average molecular weight is 307 g/mol. The molecule has 2 saturated carbocycles. The van der Waals surface area contributed by atoms with Crippen molar-refractivity contribution in [2.75, 3.05) is 18.4 Å². The Morgan fingerprint density at radius 1 is 1.33 bits per heavy atom. The van der Waals surface area contributed by atoms with Crippen LogP contribution in [-0.2, 0) is 0 Å². The van der Waals surface area contributed by atoms with E-state index in [4.69, 9.17) is 11.6 Å². The number of rotatable bonds is 7. The molecule has 0 aromatic heterocycles. The molecule has 1 aromatic carbocycles. The molecule has 1 amide bonds. The lowest BCUT2D eigenvalue weighted by Crippen LogP contribution is -2.35. The summed E-state index contributed by atoms with van der Waals surface area (Å²) in [6.45, 7) is 3.91. The summed E-state index contributed by atoms with van der Waals surface area (Å²) in [5.41, 5.74) is 1.64. The van der Waals surface area contributed by atoms with Crippen LogP contribution in [0.15, 0.2) is 18.2 Å². The Morgan fingerprint density at radius 2 is 2.10 bits per heavy atom. The smallest absolute Gasteiger partial charge is 0.256 e. The standard InChI is InChI=1S/C17H23ClN2O/c1-2-9-19-16-8-5-13(18)10-15(16)17(21)20(14-6-7-14)11-12-3-4-12/h5,8,10,12,14,19H,2-4,6-7,9,11H2,1H3. The molecule has 0 saturated heterocycles. The topological polar surface area (TPSA) is 32.3 Å². The molecule has 0 radical (unpaired) electrons. The first-order valence-electron chi connectivity index (χ1n) is 8.03. The van der Waals surface area contributed by atoms with Crippen LogP contribution in [0.3, 0.4) is 0 Å². The zero-order valence-corrected chi connectivity index (χ0v) is 13.3. The molecule has 0 aliphatic heterocycles. The third kappa shape index (κ3) is 3.70. The molecule has 2 aliphatic rings. The molecular formula is C17H23ClN2O. The number of halogens is 1. The number of amides is 1. The number of carbonyl (C=O) groups excluding carboxylic acids is 1. The fraction of sp³-hybridized carbons (Fsp3) is 0.588. The van der Waals surface area contributed by atoms with Gasteiger partial charge in [0, 0.05) is 29.8 Å². The van der Waals surface area contributed by atoms with E-state index in [2.05, 4.69) is 17.1 Å². The lowest BCUT2D eigenvalue weighted by Gasteiger charge is -2.24. The van der Waals surface area contributed by atoms with Crippen molar-refractivity contribution in [1.29, 1.82) is 0 Å². The normalized spacial score (nSPS) is 17.6. The molecule has 21 heavy (non-hydrogen) atoms. The second-order valence-electron chi connectivity index (χ2n) is 6.25. The van der Waals surface area contributed by atoms with Crippen molar-refractivity contribution in [3.05, 3.63) is 28.8 Å². The zero-order valence-electron chi connectivity index (χ0n) is 12.6. The van der Waals surface area contributed by atoms with Crippen LogP contribution >= 0.6 is 11.6 Å². The number of nitrogens with one attached hydrogen (secondary N) is 1. The Bertz CT molecular complexity index is 524. The van der Waals surface area contributed by atoms with Crippen molar-refractivity contribution in [3.63, 3.8) is 0 Å². The fourth-order valence-electron chi connectivity index (χ4n) is 2.62. The third-order valence-electron chi connectivity index (χ3n) is 4.18. The van der Waals surface area contributed by atoms with E-state index in [1.54, 1.807) is 0 Å². The van der Waals surface area contributed by atoms with E-state index >= 15 is 0 Å². The van der Waals surface area contributed by atoms with Gasteiger partial charge in [-0.15, -0.1) is 0 Å². The number of benzene rings is 1. The van der Waals surface area contributed by atoms with Gasteiger partial charge in [0.25, 0.3) is 5.91 Å². The van der Waals surface area contributed by atoms with Gasteiger partial charge < -0.3 is 10.2 Å². The van der Waals surface area contributed by atoms with E-state index in [0.29, 0.717) is 11.1 Å². The average Bonchev–Trinajstić information content (AvgIpc) is 3.36. The van der Waals surface area contributed by atoms with Crippen LogP contribution in [0.25, 0.3) is 0 Å². The second-order valence-corrected chi connectivity index (χ2v) is 6.69. The summed E-state index contributed by atoms with van der Waals surface area (Å²) < 4.78 is 0. The van der Waals surface area contributed by atoms with E-state index in [0.717, 1.165) is 49.5 Å². The summed E-state index contributed by atoms with van der Waals surface area (Å²) in [7, 11) is 0. The van der Waals surface area contributed by atoms with Crippen LogP contribution in [0.5, 0.6) is 0 Å². The molecule has 2 fully saturated rings. The van der Waals surface area contributed by atoms with Gasteiger partial charge in [-0.2, -0.15) is 0 Å². The van der Waals surface area contributed by atoms with E-state index < -0.39 is 0 Å². The summed E-state index contributed by atoms with van der Waals surface area (Å²) in [4.78, 5) is 15.0. The molecule has 114 valence electrons. The molecule has 3 nitrogen and oxygen atoms in total. The van der Waals surface area contributed by atoms with Gasteiger partial charge in [-0.1, -0.05) is 18.5 Å². The van der Waals surface area contributed by atoms with Gasteiger partial charge in [0.1, 0.15) is 0 Å². The minimum absolute atomic E-state index is 0.144. The zero-order chi connectivity index (χ0) is 14.8. The lowest BCUT2D eigenvalue weighted by molar-refractivity contribution is 0.0735. The van der Waals surface area contributed by atoms with Crippen LogP contribution in [0.4, 0.5) is 5.69 Å². The number of anilines is 1. The molecular weight excluding hydrogens is 284 g/mol. The number of hydrogen-bond donors (Lipinski definition) is 1. The monoisotopic (exact) mass is 306 g/mol. The minimum Gasteiger partial charge on any atom is -0.384 e. The molecule has 4 heteroatoms. The summed E-state index contributed by atoms with van der Waals surface area (Å²) in [6, 6.07) is 6.03. The number of nitrogens with zero attached hydrogens (tertiary/aromatic N) is 1. The molecule has 1 N–H and O–H groups in total. The first-order chi connectivity index (χ1) is 10.2. The quantitative estimate of drug-likeness (QED) is 0.819. The Hall–Kier alpha value is -1.22. The van der Waals surface area contributed by atoms with Crippen molar-refractivity contribution < 1.29 is 4.79 Å². The maximum atomic E-state index is 13.0. The molecule has 3 rings (SSSR count). The summed E-state index contributed by atoms with van der Waals surface area (Å²) >= 11 is 6.11. The molecule has 0 bridgehead atoms. The van der Waals surface area contributed by atoms with Gasteiger partial charge in [-0.25, -0.2) is 0 Å². The Kier molecular flexibility index (Phi) is 4.39. The van der Waals surface area contributed by atoms with Gasteiger partial charge in [0.2, 0.25) is 0 Å². The largest absolute Gasteiger partial charge is 0.384 e. The third-order valence-corrected chi connectivity index (χ3v) is 4.41. The van der Waals surface area contributed by atoms with Crippen LogP contribution < -0.4 is 5.32 Å². The summed E-state index contributed by atoms with van der Waals surface area (Å²) in [5, 5.41) is 3.98. The van der Waals surface area contributed by atoms with Crippen molar-refractivity contribution in [3.8, 4) is 0 Å². The van der Waals surface area contributed by atoms with Crippen LogP contribution in [0.2, 0.25) is 5.02 Å². The Labute approximate surface area is 131 Å². The highest BCUT2D eigenvalue weighted by Gasteiger charge is 2.37. The Morgan fingerprint density at radius 3 is 2.71 bits per heavy atom. The van der Waals surface area contributed by atoms with E-state index in [9.17, 15) is 4.79 Å². The molecule has 0 heterocycles. The first kappa shape index (κ1) is 14.7. The second kappa shape index (κ2) is 6.27. The van der Waals surface area contributed by atoms with E-state index in [-0.39, 0.29) is 5.91 Å². The minimum atomic E-state index is 0.144. The van der Waals surface area contributed by atoms with Crippen LogP contribution in [0.1, 0.15) is 49.4 Å². The van der Waals surface area contributed by atoms with Gasteiger partial charge >= 0.3 is 0 Å². The molecule has 0 unspecified atom stereocenters. The molecule has 0 atom stereocenters. The molecule has 0 spiro atoms. The van der Waals surface area contributed by atoms with Crippen molar-refractivity contribution >= 4 is 23.2 Å². The number of carbonyl (C=O) groups is 1. The highest BCUT2D eigenvalue weighted by Crippen LogP contribution is 2.36. The summed E-state index contributed by atoms with van der Waals surface area (Å²) in [5.74, 6) is 0.867. The van der Waals surface area contributed by atoms with E-state index in [1.165, 1.54) is 12.8 Å². The maximum Gasteiger partial charge on any atom is 0.256 e. The van der Waals surface area contributed by atoms with E-state index in [1.807, 2.05) is 18.2 Å². The maximum absolute atomic E-state index is 13.0. The molecule has 1 aromatic rings. The lowest BCUT2D eigenvalue weighted by atomic mass is 10.1. The Balaban J connectivity index is 1.81. The van der Waals surface area contributed by atoms with Crippen LogP contribution in [-0.4, -0.2) is 29.9 Å². The predicted octanol–water partition coefficient (Wildman–Crippen LogP) is 4.18. The molecule has 2 aliphatic carbocycles. The number of hydrogen-bond acceptors (Lipinski definition) is 2. The highest BCUT2D eigenvalue weighted by molar-refractivity contribution is 6.31. The SMILES string of the molecule is CCCNc1ccc(Cl)cc1C(=O)N(CC1CC1)C1CC1. The predicted molar refractivity (Wildman–Crippen MR) is 87.0 cm³/mol. The first-order valence-corrected chi connectivity index (χ1v) is 8.41. The fourth-order valence-corrected chi connectivity index (χ4v) is 2.80. The van der Waals surface area contributed by atoms with Gasteiger partial charge in [0.05, 0.1) is 5.56 Å².